The lowest BCUT2D eigenvalue weighted by Gasteiger charge is -2.29. The molecule has 1 aliphatic heterocycles. The van der Waals surface area contributed by atoms with E-state index in [2.05, 4.69) is 5.32 Å². The molecule has 1 atom stereocenters. The fourth-order valence-electron chi connectivity index (χ4n) is 4.15. The quantitative estimate of drug-likeness (QED) is 0.675. The van der Waals surface area contributed by atoms with Crippen molar-refractivity contribution in [3.63, 3.8) is 0 Å². The number of thioether (sulfide) groups is 1. The summed E-state index contributed by atoms with van der Waals surface area (Å²) in [4.78, 5) is 14.9. The van der Waals surface area contributed by atoms with E-state index in [4.69, 9.17) is 9.47 Å². The summed E-state index contributed by atoms with van der Waals surface area (Å²) in [5, 5.41) is 3.26. The zero-order valence-corrected chi connectivity index (χ0v) is 18.3. The average molecular weight is 427 g/mol. The minimum atomic E-state index is 0.00524. The van der Waals surface area contributed by atoms with Crippen LogP contribution in [0.5, 0.6) is 11.5 Å². The monoisotopic (exact) mass is 426 g/mol. The zero-order chi connectivity index (χ0) is 20.8. The molecule has 1 aliphatic carbocycles. The molecule has 1 N–H and O–H groups in total. The molecule has 0 spiro atoms. The Kier molecular flexibility index (Phi) is 7.05. The van der Waals surface area contributed by atoms with Crippen LogP contribution in [-0.4, -0.2) is 36.4 Å². The Hall–Kier alpha value is -2.34. The molecule has 6 heteroatoms. The number of nitrogens with zero attached hydrogens (tertiary/aromatic N) is 1. The van der Waals surface area contributed by atoms with Crippen LogP contribution in [0.25, 0.3) is 0 Å². The number of carbonyl (C=O) groups excluding carboxylic acids is 1. The summed E-state index contributed by atoms with van der Waals surface area (Å²) < 4.78 is 11.6. The lowest BCUT2D eigenvalue weighted by atomic mass is 9.96. The minimum Gasteiger partial charge on any atom is -0.493 e. The summed E-state index contributed by atoms with van der Waals surface area (Å²) in [6, 6.07) is 16.5. The van der Waals surface area contributed by atoms with Gasteiger partial charge in [0.25, 0.3) is 0 Å². The molecule has 0 bridgehead atoms. The van der Waals surface area contributed by atoms with Crippen LogP contribution in [-0.2, 0) is 6.61 Å². The largest absolute Gasteiger partial charge is 0.493 e. The maximum Gasteiger partial charge on any atom is 0.318 e. The number of ether oxygens (including phenoxy) is 2. The summed E-state index contributed by atoms with van der Waals surface area (Å²) >= 11 is 1.80. The number of urea groups is 1. The van der Waals surface area contributed by atoms with Gasteiger partial charge in [0, 0.05) is 18.3 Å². The Morgan fingerprint density at radius 3 is 2.67 bits per heavy atom. The fraction of sp³-hybridized carbons (Fsp3) is 0.458. The van der Waals surface area contributed by atoms with Crippen molar-refractivity contribution in [1.82, 2.24) is 10.2 Å². The van der Waals surface area contributed by atoms with Gasteiger partial charge in [0.2, 0.25) is 0 Å². The molecule has 2 amide bonds. The van der Waals surface area contributed by atoms with E-state index in [1.807, 2.05) is 53.4 Å². The van der Waals surface area contributed by atoms with Gasteiger partial charge in [-0.2, -0.15) is 0 Å². The van der Waals surface area contributed by atoms with Gasteiger partial charge in [-0.3, -0.25) is 0 Å². The molecule has 1 saturated carbocycles. The molecular weight excluding hydrogens is 396 g/mol. The van der Waals surface area contributed by atoms with Gasteiger partial charge in [-0.1, -0.05) is 55.7 Å². The lowest BCUT2D eigenvalue weighted by molar-refractivity contribution is 0.192. The second-order valence-electron chi connectivity index (χ2n) is 7.89. The Bertz CT molecular complexity index is 840. The highest BCUT2D eigenvalue weighted by Gasteiger charge is 2.32. The molecule has 2 fully saturated rings. The van der Waals surface area contributed by atoms with Crippen molar-refractivity contribution in [3.05, 3.63) is 59.7 Å². The first-order valence-corrected chi connectivity index (χ1v) is 11.8. The fourth-order valence-corrected chi connectivity index (χ4v) is 5.40. The van der Waals surface area contributed by atoms with Crippen LogP contribution in [0, 0.1) is 0 Å². The number of benzene rings is 2. The number of methoxy groups -OCH3 is 1. The van der Waals surface area contributed by atoms with Crippen LogP contribution in [0.1, 0.15) is 48.6 Å². The van der Waals surface area contributed by atoms with Crippen LogP contribution in [0.2, 0.25) is 0 Å². The third-order valence-electron chi connectivity index (χ3n) is 5.79. The van der Waals surface area contributed by atoms with E-state index in [0.717, 1.165) is 36.3 Å². The van der Waals surface area contributed by atoms with Crippen LogP contribution >= 0.6 is 11.8 Å². The molecular formula is C24H30N2O3S. The van der Waals surface area contributed by atoms with Gasteiger partial charge in [-0.25, -0.2) is 4.79 Å². The van der Waals surface area contributed by atoms with Crippen molar-refractivity contribution in [2.45, 2.75) is 50.1 Å². The number of rotatable bonds is 6. The van der Waals surface area contributed by atoms with Gasteiger partial charge < -0.3 is 19.7 Å². The van der Waals surface area contributed by atoms with Crippen LogP contribution in [0.3, 0.4) is 0 Å². The predicted octanol–water partition coefficient (Wildman–Crippen LogP) is 5.36. The van der Waals surface area contributed by atoms with E-state index in [1.54, 1.807) is 18.9 Å². The lowest BCUT2D eigenvalue weighted by Crippen LogP contribution is -2.45. The van der Waals surface area contributed by atoms with E-state index in [1.165, 1.54) is 19.3 Å². The molecule has 0 radical (unpaired) electrons. The van der Waals surface area contributed by atoms with Crippen LogP contribution < -0.4 is 14.8 Å². The second-order valence-corrected chi connectivity index (χ2v) is 9.07. The first kappa shape index (κ1) is 20.9. The average Bonchev–Trinajstić information content (AvgIpc) is 3.29. The molecule has 160 valence electrons. The van der Waals surface area contributed by atoms with Gasteiger partial charge in [-0.05, 0) is 36.1 Å². The Morgan fingerprint density at radius 2 is 1.90 bits per heavy atom. The molecule has 1 saturated heterocycles. The Balaban J connectivity index is 1.43. The molecule has 30 heavy (non-hydrogen) atoms. The molecule has 0 aromatic heterocycles. The maximum atomic E-state index is 12.9. The summed E-state index contributed by atoms with van der Waals surface area (Å²) in [6.45, 7) is 1.26. The highest BCUT2D eigenvalue weighted by Crippen LogP contribution is 2.41. The van der Waals surface area contributed by atoms with E-state index < -0.39 is 0 Å². The minimum absolute atomic E-state index is 0.00524. The third kappa shape index (κ3) is 5.04. The number of amides is 2. The molecule has 2 aromatic rings. The van der Waals surface area contributed by atoms with E-state index in [0.29, 0.717) is 24.1 Å². The van der Waals surface area contributed by atoms with E-state index in [9.17, 15) is 4.79 Å². The van der Waals surface area contributed by atoms with Crippen molar-refractivity contribution in [3.8, 4) is 11.5 Å². The summed E-state index contributed by atoms with van der Waals surface area (Å²) in [7, 11) is 1.66. The topological polar surface area (TPSA) is 50.8 Å². The number of carbonyl (C=O) groups is 1. The molecule has 5 nitrogen and oxygen atoms in total. The molecule has 1 unspecified atom stereocenters. The Labute approximate surface area is 183 Å². The predicted molar refractivity (Wildman–Crippen MR) is 121 cm³/mol. The van der Waals surface area contributed by atoms with Gasteiger partial charge in [0.15, 0.2) is 11.5 Å². The van der Waals surface area contributed by atoms with Crippen molar-refractivity contribution in [1.29, 1.82) is 0 Å². The highest BCUT2D eigenvalue weighted by atomic mass is 32.2. The van der Waals surface area contributed by atoms with E-state index in [-0.39, 0.29) is 11.4 Å². The van der Waals surface area contributed by atoms with Crippen molar-refractivity contribution in [2.75, 3.05) is 19.4 Å². The molecule has 4 rings (SSSR count). The first-order valence-electron chi connectivity index (χ1n) is 10.8. The zero-order valence-electron chi connectivity index (χ0n) is 17.5. The summed E-state index contributed by atoms with van der Waals surface area (Å²) in [5.41, 5.74) is 2.18. The smallest absolute Gasteiger partial charge is 0.318 e. The highest BCUT2D eigenvalue weighted by molar-refractivity contribution is 7.99. The summed E-state index contributed by atoms with van der Waals surface area (Å²) in [5.74, 6) is 2.35. The summed E-state index contributed by atoms with van der Waals surface area (Å²) in [6.07, 6.45) is 5.90. The maximum absolute atomic E-state index is 12.9. The van der Waals surface area contributed by atoms with Gasteiger partial charge in [0.1, 0.15) is 12.0 Å². The van der Waals surface area contributed by atoms with Gasteiger partial charge >= 0.3 is 6.03 Å². The van der Waals surface area contributed by atoms with Gasteiger partial charge in [0.05, 0.1) is 7.11 Å². The first-order chi connectivity index (χ1) is 14.7. The SMILES string of the molecule is COc1cc(C2SCCN2C(=O)NC2CCCCC2)ccc1OCc1ccccc1. The van der Waals surface area contributed by atoms with Crippen molar-refractivity contribution in [2.24, 2.45) is 0 Å². The van der Waals surface area contributed by atoms with Gasteiger partial charge in [-0.15, -0.1) is 11.8 Å². The molecule has 2 aromatic carbocycles. The van der Waals surface area contributed by atoms with Crippen molar-refractivity contribution < 1.29 is 14.3 Å². The normalized spacial score (nSPS) is 19.5. The van der Waals surface area contributed by atoms with Crippen LogP contribution in [0.15, 0.2) is 48.5 Å². The Morgan fingerprint density at radius 1 is 1.10 bits per heavy atom. The van der Waals surface area contributed by atoms with Crippen molar-refractivity contribution >= 4 is 17.8 Å². The standard InChI is InChI=1S/C24H30N2O3S/c1-28-22-16-19(12-13-21(22)29-17-18-8-4-2-5-9-18)23-26(14-15-30-23)24(27)25-20-10-6-3-7-11-20/h2,4-5,8-9,12-13,16,20,23H,3,6-7,10-11,14-15,17H2,1H3,(H,25,27). The number of hydrogen-bond donors (Lipinski definition) is 1. The van der Waals surface area contributed by atoms with E-state index >= 15 is 0 Å². The second kappa shape index (κ2) is 10.1. The molecule has 2 aliphatic rings. The number of nitrogens with one attached hydrogen (secondary N) is 1. The van der Waals surface area contributed by atoms with Crippen LogP contribution in [0.4, 0.5) is 4.79 Å². The number of hydrogen-bond acceptors (Lipinski definition) is 4. The third-order valence-corrected chi connectivity index (χ3v) is 7.06. The molecule has 1 heterocycles.